The molecule has 146 valence electrons. The fourth-order valence-corrected chi connectivity index (χ4v) is 5.16. The number of likely N-dealkylation sites (tertiary alicyclic amines) is 1. The molecule has 0 saturated carbocycles. The number of anilines is 1. The molecule has 2 aliphatic rings. The highest BCUT2D eigenvalue weighted by Crippen LogP contribution is 2.35. The Labute approximate surface area is 165 Å². The Morgan fingerprint density at radius 3 is 2.46 bits per heavy atom. The van der Waals surface area contributed by atoms with Crippen LogP contribution < -0.4 is 5.32 Å². The molecule has 1 aromatic carbocycles. The molecule has 0 unspecified atom stereocenters. The zero-order chi connectivity index (χ0) is 20.1. The maximum absolute atomic E-state index is 12.4. The second-order valence-corrected chi connectivity index (χ2v) is 9.93. The summed E-state index contributed by atoms with van der Waals surface area (Å²) in [7, 11) is -3.34. The van der Waals surface area contributed by atoms with Gasteiger partial charge in [-0.3, -0.25) is 19.3 Å². The van der Waals surface area contributed by atoms with Crippen LogP contribution in [0.4, 0.5) is 5.13 Å². The van der Waals surface area contributed by atoms with Crippen LogP contribution in [0.2, 0.25) is 0 Å². The average Bonchev–Trinajstić information content (AvgIpc) is 3.14. The van der Waals surface area contributed by atoms with Crippen molar-refractivity contribution in [2.45, 2.75) is 17.7 Å². The number of carbonyl (C=O) groups is 3. The lowest BCUT2D eigenvalue weighted by Crippen LogP contribution is -2.38. The van der Waals surface area contributed by atoms with Crippen LogP contribution in [0, 0.1) is 11.8 Å². The molecule has 1 aliphatic heterocycles. The number of fused-ring (bicyclic) bond motifs is 2. The van der Waals surface area contributed by atoms with Crippen molar-refractivity contribution in [2.24, 2.45) is 11.8 Å². The third-order valence-electron chi connectivity index (χ3n) is 4.93. The maximum atomic E-state index is 12.4. The molecule has 1 saturated heterocycles. The first-order valence-electron chi connectivity index (χ1n) is 8.65. The summed E-state index contributed by atoms with van der Waals surface area (Å²) in [6.45, 7) is -0.352. The first kappa shape index (κ1) is 18.8. The summed E-state index contributed by atoms with van der Waals surface area (Å²) < 4.78 is 23.9. The fraction of sp³-hybridized carbons (Fsp3) is 0.333. The van der Waals surface area contributed by atoms with Crippen LogP contribution in [0.15, 0.2) is 35.2 Å². The quantitative estimate of drug-likeness (QED) is 0.595. The second-order valence-electron chi connectivity index (χ2n) is 6.89. The van der Waals surface area contributed by atoms with Crippen LogP contribution in [-0.2, 0) is 24.2 Å². The Balaban J connectivity index is 1.48. The van der Waals surface area contributed by atoms with Crippen LogP contribution in [-0.4, -0.2) is 48.8 Å². The number of nitrogens with zero attached hydrogens (tertiary/aromatic N) is 2. The third kappa shape index (κ3) is 3.33. The number of sulfone groups is 1. The fourth-order valence-electron chi connectivity index (χ4n) is 3.52. The molecule has 1 fully saturated rings. The third-order valence-corrected chi connectivity index (χ3v) is 6.98. The smallest absolute Gasteiger partial charge is 0.246 e. The predicted molar refractivity (Wildman–Crippen MR) is 103 cm³/mol. The van der Waals surface area contributed by atoms with Crippen molar-refractivity contribution in [3.05, 3.63) is 30.4 Å². The molecule has 1 aromatic heterocycles. The second kappa shape index (κ2) is 6.78. The van der Waals surface area contributed by atoms with Gasteiger partial charge in [0.25, 0.3) is 0 Å². The van der Waals surface area contributed by atoms with Crippen LogP contribution in [0.1, 0.15) is 12.8 Å². The van der Waals surface area contributed by atoms with E-state index in [1.54, 1.807) is 6.07 Å². The van der Waals surface area contributed by atoms with Gasteiger partial charge in [-0.2, -0.15) is 0 Å². The van der Waals surface area contributed by atoms with Crippen LogP contribution >= 0.6 is 11.3 Å². The van der Waals surface area contributed by atoms with E-state index in [4.69, 9.17) is 0 Å². The minimum absolute atomic E-state index is 0.172. The van der Waals surface area contributed by atoms with Gasteiger partial charge in [0.1, 0.15) is 6.54 Å². The van der Waals surface area contributed by atoms with E-state index in [0.717, 1.165) is 22.5 Å². The van der Waals surface area contributed by atoms with E-state index in [-0.39, 0.29) is 40.2 Å². The number of thiazole rings is 1. The van der Waals surface area contributed by atoms with Crippen molar-refractivity contribution in [1.29, 1.82) is 0 Å². The summed E-state index contributed by atoms with van der Waals surface area (Å²) in [4.78, 5) is 42.7. The van der Waals surface area contributed by atoms with Crippen LogP contribution in [0.25, 0.3) is 10.2 Å². The number of rotatable bonds is 4. The SMILES string of the molecule is CS(=O)(=O)c1ccc2nc(NC(=O)CN3C(=O)[C@@H]4CC=CC[C@H]4C3=O)sc2c1. The van der Waals surface area contributed by atoms with Crippen molar-refractivity contribution in [2.75, 3.05) is 18.1 Å². The van der Waals surface area contributed by atoms with Crippen LogP contribution in [0.3, 0.4) is 0 Å². The number of hydrogen-bond acceptors (Lipinski definition) is 7. The van der Waals surface area contributed by atoms with Crippen molar-refractivity contribution in [3.63, 3.8) is 0 Å². The zero-order valence-corrected chi connectivity index (χ0v) is 16.5. The number of imide groups is 1. The summed E-state index contributed by atoms with van der Waals surface area (Å²) >= 11 is 1.13. The molecular formula is C18H17N3O5S2. The lowest BCUT2D eigenvalue weighted by atomic mass is 9.85. The molecule has 1 aliphatic carbocycles. The van der Waals surface area contributed by atoms with Gasteiger partial charge >= 0.3 is 0 Å². The Kier molecular flexibility index (Phi) is 4.54. The van der Waals surface area contributed by atoms with Gasteiger partial charge in [-0.1, -0.05) is 23.5 Å². The first-order chi connectivity index (χ1) is 13.2. The molecule has 2 heterocycles. The van der Waals surface area contributed by atoms with Gasteiger partial charge in [0, 0.05) is 6.26 Å². The number of aromatic nitrogens is 1. The van der Waals surface area contributed by atoms with E-state index in [1.165, 1.54) is 12.1 Å². The maximum Gasteiger partial charge on any atom is 0.246 e. The lowest BCUT2D eigenvalue weighted by molar-refractivity contribution is -0.142. The predicted octanol–water partition coefficient (Wildman–Crippen LogP) is 1.59. The monoisotopic (exact) mass is 419 g/mol. The highest BCUT2D eigenvalue weighted by Gasteiger charge is 2.47. The Morgan fingerprint density at radius 1 is 1.21 bits per heavy atom. The van der Waals surface area contributed by atoms with E-state index in [9.17, 15) is 22.8 Å². The Hall–Kier alpha value is -2.59. The number of nitrogens with one attached hydrogen (secondary N) is 1. The molecule has 0 bridgehead atoms. The molecule has 0 radical (unpaired) electrons. The summed E-state index contributed by atoms with van der Waals surface area (Å²) in [6, 6.07) is 4.53. The van der Waals surface area contributed by atoms with Crippen LogP contribution in [0.5, 0.6) is 0 Å². The standard InChI is InChI=1S/C18H17N3O5S2/c1-28(25,26)10-6-7-13-14(8-10)27-18(19-13)20-15(22)9-21-16(23)11-4-2-3-5-12(11)17(21)24/h2-3,6-8,11-12H,4-5,9H2,1H3,(H,19,20,22)/t11-,12-/m1/s1. The van der Waals surface area contributed by atoms with Crippen molar-refractivity contribution >= 4 is 54.2 Å². The minimum atomic E-state index is -3.34. The summed E-state index contributed by atoms with van der Waals surface area (Å²) in [6.07, 6.45) is 5.94. The van der Waals surface area contributed by atoms with Gasteiger partial charge in [-0.25, -0.2) is 13.4 Å². The molecule has 3 amide bonds. The lowest BCUT2D eigenvalue weighted by Gasteiger charge is -2.14. The van der Waals surface area contributed by atoms with Crippen molar-refractivity contribution < 1.29 is 22.8 Å². The molecule has 28 heavy (non-hydrogen) atoms. The molecule has 0 spiro atoms. The van der Waals surface area contributed by atoms with Gasteiger partial charge in [0.15, 0.2) is 15.0 Å². The molecule has 8 nitrogen and oxygen atoms in total. The molecule has 2 aromatic rings. The van der Waals surface area contributed by atoms with Crippen molar-refractivity contribution in [3.8, 4) is 0 Å². The summed E-state index contributed by atoms with van der Waals surface area (Å²) in [5.74, 6) is -1.88. The molecule has 1 N–H and O–H groups in total. The molecule has 10 heteroatoms. The van der Waals surface area contributed by atoms with E-state index >= 15 is 0 Å². The number of hydrogen-bond donors (Lipinski definition) is 1. The van der Waals surface area contributed by atoms with Gasteiger partial charge in [-0.15, -0.1) is 0 Å². The van der Waals surface area contributed by atoms with Gasteiger partial charge in [-0.05, 0) is 31.0 Å². The number of amides is 3. The molecular weight excluding hydrogens is 402 g/mol. The van der Waals surface area contributed by atoms with E-state index in [2.05, 4.69) is 10.3 Å². The van der Waals surface area contributed by atoms with E-state index in [0.29, 0.717) is 23.1 Å². The van der Waals surface area contributed by atoms with Gasteiger partial charge in [0.2, 0.25) is 17.7 Å². The largest absolute Gasteiger partial charge is 0.300 e. The summed E-state index contributed by atoms with van der Waals surface area (Å²) in [5, 5.41) is 2.88. The Morgan fingerprint density at radius 2 is 1.86 bits per heavy atom. The number of carbonyl (C=O) groups excluding carboxylic acids is 3. The van der Waals surface area contributed by atoms with Crippen molar-refractivity contribution in [1.82, 2.24) is 9.88 Å². The topological polar surface area (TPSA) is 114 Å². The normalized spacial score (nSPS) is 22.0. The highest BCUT2D eigenvalue weighted by molar-refractivity contribution is 7.90. The molecule has 2 atom stereocenters. The first-order valence-corrected chi connectivity index (χ1v) is 11.4. The van der Waals surface area contributed by atoms with E-state index in [1.807, 2.05) is 12.2 Å². The Bertz CT molecular complexity index is 1110. The summed E-state index contributed by atoms with van der Waals surface area (Å²) in [5.41, 5.74) is 0.554. The minimum Gasteiger partial charge on any atom is -0.300 e. The van der Waals surface area contributed by atoms with Gasteiger partial charge < -0.3 is 5.32 Å². The molecule has 4 rings (SSSR count). The van der Waals surface area contributed by atoms with E-state index < -0.39 is 15.7 Å². The zero-order valence-electron chi connectivity index (χ0n) is 14.9. The number of allylic oxidation sites excluding steroid dienone is 2. The highest BCUT2D eigenvalue weighted by atomic mass is 32.2. The van der Waals surface area contributed by atoms with Gasteiger partial charge in [0.05, 0.1) is 26.9 Å². The number of benzene rings is 1. The average molecular weight is 419 g/mol.